The smallest absolute Gasteiger partial charge is 0.269 e. The quantitative estimate of drug-likeness (QED) is 0.309. The second-order valence-electron chi connectivity index (χ2n) is 8.30. The van der Waals surface area contributed by atoms with Crippen molar-refractivity contribution in [1.82, 2.24) is 9.38 Å². The molecule has 2 heterocycles. The molecule has 0 spiro atoms. The Morgan fingerprint density at radius 3 is 2.39 bits per heavy atom. The molecule has 0 atom stereocenters. The van der Waals surface area contributed by atoms with Crippen molar-refractivity contribution in [3.05, 3.63) is 99.0 Å². The Morgan fingerprint density at radius 2 is 1.75 bits per heavy atom. The first-order valence-corrected chi connectivity index (χ1v) is 11.1. The molecule has 180 valence electrons. The molecule has 0 aliphatic rings. The normalized spacial score (nSPS) is 11.1. The Bertz CT molecular complexity index is 1580. The molecule has 2 aromatic carbocycles. The van der Waals surface area contributed by atoms with E-state index in [1.165, 1.54) is 10.5 Å². The van der Waals surface area contributed by atoms with Gasteiger partial charge < -0.3 is 14.8 Å². The van der Waals surface area contributed by atoms with E-state index < -0.39 is 11.5 Å². The maximum Gasteiger partial charge on any atom is 0.269 e. The van der Waals surface area contributed by atoms with Crippen LogP contribution in [0.25, 0.3) is 11.7 Å². The number of carbonyl (C=O) groups excluding carboxylic acids is 1. The highest BCUT2D eigenvalue weighted by atomic mass is 16.5. The van der Waals surface area contributed by atoms with E-state index in [2.05, 4.69) is 10.3 Å². The summed E-state index contributed by atoms with van der Waals surface area (Å²) in [5.74, 6) is 0.453. The predicted octanol–water partition coefficient (Wildman–Crippen LogP) is 4.97. The number of anilines is 1. The molecular weight excluding hydrogens is 456 g/mol. The van der Waals surface area contributed by atoms with Crippen LogP contribution in [-0.4, -0.2) is 22.4 Å². The number of fused-ring (bicyclic) bond motifs is 1. The molecule has 0 unspecified atom stereocenters. The molecule has 0 radical (unpaired) electrons. The summed E-state index contributed by atoms with van der Waals surface area (Å²) in [5, 5.41) is 12.4. The minimum atomic E-state index is -0.672. The monoisotopic (exact) mass is 480 g/mol. The Balaban J connectivity index is 1.81. The van der Waals surface area contributed by atoms with Crippen molar-refractivity contribution in [1.29, 1.82) is 5.26 Å². The van der Waals surface area contributed by atoms with Crippen molar-refractivity contribution < 1.29 is 14.3 Å². The van der Waals surface area contributed by atoms with Gasteiger partial charge in [-0.25, -0.2) is 0 Å². The maximum absolute atomic E-state index is 13.5. The van der Waals surface area contributed by atoms with Gasteiger partial charge in [-0.1, -0.05) is 12.1 Å². The van der Waals surface area contributed by atoms with Crippen molar-refractivity contribution >= 4 is 23.3 Å². The average Bonchev–Trinajstić information content (AvgIpc) is 2.84. The van der Waals surface area contributed by atoms with Crippen LogP contribution in [0.4, 0.5) is 5.69 Å². The van der Waals surface area contributed by atoms with Crippen LogP contribution in [0.15, 0.2) is 71.2 Å². The summed E-state index contributed by atoms with van der Waals surface area (Å²) in [6, 6.07) is 17.8. The van der Waals surface area contributed by atoms with Crippen LogP contribution in [0.3, 0.4) is 0 Å². The summed E-state index contributed by atoms with van der Waals surface area (Å²) in [7, 11) is 1.54. The van der Waals surface area contributed by atoms with Gasteiger partial charge in [0.2, 0.25) is 5.88 Å². The third-order valence-electron chi connectivity index (χ3n) is 5.46. The van der Waals surface area contributed by atoms with Crippen LogP contribution in [0.5, 0.6) is 17.4 Å². The number of hydrogen-bond donors (Lipinski definition) is 1. The van der Waals surface area contributed by atoms with Crippen LogP contribution in [0.2, 0.25) is 0 Å². The first-order valence-electron chi connectivity index (χ1n) is 11.1. The molecule has 4 aromatic rings. The highest BCUT2D eigenvalue weighted by molar-refractivity contribution is 6.09. The number of aryl methyl sites for hydroxylation is 3. The van der Waals surface area contributed by atoms with Gasteiger partial charge in [-0.3, -0.25) is 14.0 Å². The molecule has 8 nitrogen and oxygen atoms in total. The zero-order valence-electron chi connectivity index (χ0n) is 20.3. The Hall–Kier alpha value is -4.90. The van der Waals surface area contributed by atoms with Gasteiger partial charge in [-0.2, -0.15) is 10.2 Å². The molecule has 36 heavy (non-hydrogen) atoms. The topological polar surface area (TPSA) is 106 Å². The highest BCUT2D eigenvalue weighted by Crippen LogP contribution is 2.27. The Morgan fingerprint density at radius 1 is 1.06 bits per heavy atom. The number of benzene rings is 2. The molecule has 1 N–H and O–H groups in total. The summed E-state index contributed by atoms with van der Waals surface area (Å²) in [4.78, 5) is 30.9. The molecule has 8 heteroatoms. The molecule has 0 saturated heterocycles. The number of rotatable bonds is 6. The van der Waals surface area contributed by atoms with Crippen molar-refractivity contribution in [3.63, 3.8) is 0 Å². The lowest BCUT2D eigenvalue weighted by molar-refractivity contribution is -0.112. The molecule has 4 rings (SSSR count). The largest absolute Gasteiger partial charge is 0.497 e. The number of ether oxygens (including phenoxy) is 2. The van der Waals surface area contributed by atoms with Gasteiger partial charge in [0.25, 0.3) is 11.5 Å². The average molecular weight is 481 g/mol. The fourth-order valence-corrected chi connectivity index (χ4v) is 3.76. The predicted molar refractivity (Wildman–Crippen MR) is 137 cm³/mol. The number of nitriles is 1. The molecule has 0 aliphatic heterocycles. The van der Waals surface area contributed by atoms with Crippen LogP contribution >= 0.6 is 0 Å². The van der Waals surface area contributed by atoms with Gasteiger partial charge in [0, 0.05) is 11.9 Å². The number of amides is 1. The van der Waals surface area contributed by atoms with E-state index in [1.807, 2.05) is 51.1 Å². The molecule has 0 fully saturated rings. The minimum Gasteiger partial charge on any atom is -0.497 e. The van der Waals surface area contributed by atoms with E-state index in [0.717, 1.165) is 16.7 Å². The lowest BCUT2D eigenvalue weighted by atomic mass is 10.1. The molecular formula is C28H24N4O4. The van der Waals surface area contributed by atoms with Crippen molar-refractivity contribution in [2.75, 3.05) is 12.4 Å². The van der Waals surface area contributed by atoms with Crippen LogP contribution in [0.1, 0.15) is 22.3 Å². The Labute approximate surface area is 208 Å². The number of pyridine rings is 1. The van der Waals surface area contributed by atoms with Gasteiger partial charge in [0.05, 0.1) is 7.11 Å². The second-order valence-corrected chi connectivity index (χ2v) is 8.30. The molecule has 0 saturated carbocycles. The standard InChI is InChI=1S/C28H24N4O4/c1-17-12-18(2)14-23(13-17)36-27-24(28(34)32-11-5-6-19(3)25(32)31-27)15-20(16-29)26(33)30-21-7-9-22(35-4)10-8-21/h5-15H,1-4H3,(H,30,33). The minimum absolute atomic E-state index is 0.00398. The zero-order valence-corrected chi connectivity index (χ0v) is 20.3. The van der Waals surface area contributed by atoms with Crippen LogP contribution < -0.4 is 20.3 Å². The SMILES string of the molecule is COc1ccc(NC(=O)C(C#N)=Cc2c(Oc3cc(C)cc(C)c3)nc3c(C)cccn3c2=O)cc1. The molecule has 0 bridgehead atoms. The maximum atomic E-state index is 13.5. The third kappa shape index (κ3) is 5.10. The Kier molecular flexibility index (Phi) is 6.84. The van der Waals surface area contributed by atoms with E-state index >= 15 is 0 Å². The summed E-state index contributed by atoms with van der Waals surface area (Å²) < 4.78 is 12.5. The van der Waals surface area contributed by atoms with Gasteiger partial charge in [0.15, 0.2) is 0 Å². The summed E-state index contributed by atoms with van der Waals surface area (Å²) >= 11 is 0. The first-order chi connectivity index (χ1) is 17.3. The fourth-order valence-electron chi connectivity index (χ4n) is 3.76. The number of methoxy groups -OCH3 is 1. The molecule has 1 amide bonds. The highest BCUT2D eigenvalue weighted by Gasteiger charge is 2.18. The summed E-state index contributed by atoms with van der Waals surface area (Å²) in [6.07, 6.45) is 2.79. The number of carbonyl (C=O) groups is 1. The van der Waals surface area contributed by atoms with E-state index in [-0.39, 0.29) is 17.0 Å². The number of nitrogens with zero attached hydrogens (tertiary/aromatic N) is 3. The van der Waals surface area contributed by atoms with Crippen molar-refractivity contribution in [2.24, 2.45) is 0 Å². The number of hydrogen-bond acceptors (Lipinski definition) is 6. The van der Waals surface area contributed by atoms with Gasteiger partial charge in [0.1, 0.15) is 34.4 Å². The van der Waals surface area contributed by atoms with E-state index in [4.69, 9.17) is 9.47 Å². The van der Waals surface area contributed by atoms with E-state index in [1.54, 1.807) is 43.6 Å². The summed E-state index contributed by atoms with van der Waals surface area (Å²) in [6.45, 7) is 5.70. The number of aromatic nitrogens is 2. The van der Waals surface area contributed by atoms with Crippen molar-refractivity contribution in [2.45, 2.75) is 20.8 Å². The molecule has 0 aliphatic carbocycles. The van der Waals surface area contributed by atoms with E-state index in [0.29, 0.717) is 22.8 Å². The lowest BCUT2D eigenvalue weighted by Gasteiger charge is -2.12. The molecule has 2 aromatic heterocycles. The number of nitrogens with one attached hydrogen (secondary N) is 1. The lowest BCUT2D eigenvalue weighted by Crippen LogP contribution is -2.20. The van der Waals surface area contributed by atoms with Crippen LogP contribution in [0, 0.1) is 32.1 Å². The zero-order chi connectivity index (χ0) is 25.8. The van der Waals surface area contributed by atoms with Gasteiger partial charge in [-0.15, -0.1) is 0 Å². The van der Waals surface area contributed by atoms with Crippen molar-refractivity contribution in [3.8, 4) is 23.4 Å². The first kappa shape index (κ1) is 24.2. The van der Waals surface area contributed by atoms with E-state index in [9.17, 15) is 14.9 Å². The second kappa shape index (κ2) is 10.2. The van der Waals surface area contributed by atoms with Gasteiger partial charge >= 0.3 is 0 Å². The fraction of sp³-hybridized carbons (Fsp3) is 0.143. The van der Waals surface area contributed by atoms with Crippen LogP contribution in [-0.2, 0) is 4.79 Å². The van der Waals surface area contributed by atoms with Gasteiger partial charge in [-0.05, 0) is 86.0 Å². The summed E-state index contributed by atoms with van der Waals surface area (Å²) in [5.41, 5.74) is 2.86. The third-order valence-corrected chi connectivity index (χ3v) is 5.46.